The molecule has 0 saturated carbocycles. The topological polar surface area (TPSA) is 76.9 Å². The standard InChI is InChI=1S/C21H19FN4O2S/c1-3-12-26-20(16-4-8-17(22)9-5-16)24-25-21(26)29-13-19(28)23-18-10-6-15(7-11-18)14(2)27/h3-11H,1,12-13H2,2H3,(H,23,28). The molecule has 1 aromatic heterocycles. The zero-order chi connectivity index (χ0) is 20.8. The molecule has 0 spiro atoms. The maximum Gasteiger partial charge on any atom is 0.234 e. The highest BCUT2D eigenvalue weighted by Gasteiger charge is 2.15. The molecule has 0 unspecified atom stereocenters. The molecule has 1 heterocycles. The maximum atomic E-state index is 13.2. The Balaban J connectivity index is 1.68. The highest BCUT2D eigenvalue weighted by molar-refractivity contribution is 7.99. The van der Waals surface area contributed by atoms with Crippen molar-refractivity contribution in [2.75, 3.05) is 11.1 Å². The highest BCUT2D eigenvalue weighted by atomic mass is 32.2. The van der Waals surface area contributed by atoms with Gasteiger partial charge in [0.25, 0.3) is 0 Å². The summed E-state index contributed by atoms with van der Waals surface area (Å²) in [6, 6.07) is 12.7. The average Bonchev–Trinajstić information content (AvgIpc) is 3.10. The van der Waals surface area contributed by atoms with Crippen molar-refractivity contribution in [1.82, 2.24) is 14.8 Å². The number of aromatic nitrogens is 3. The van der Waals surface area contributed by atoms with Crippen LogP contribution in [0.4, 0.5) is 10.1 Å². The van der Waals surface area contributed by atoms with Crippen LogP contribution in [0.3, 0.4) is 0 Å². The maximum absolute atomic E-state index is 13.2. The lowest BCUT2D eigenvalue weighted by Gasteiger charge is -2.08. The van der Waals surface area contributed by atoms with E-state index in [1.54, 1.807) is 42.5 Å². The van der Waals surface area contributed by atoms with E-state index < -0.39 is 0 Å². The molecule has 0 atom stereocenters. The average molecular weight is 410 g/mol. The van der Waals surface area contributed by atoms with Crippen molar-refractivity contribution in [2.24, 2.45) is 0 Å². The van der Waals surface area contributed by atoms with Gasteiger partial charge in [-0.3, -0.25) is 14.2 Å². The first kappa shape index (κ1) is 20.5. The van der Waals surface area contributed by atoms with E-state index in [4.69, 9.17) is 0 Å². The van der Waals surface area contributed by atoms with Gasteiger partial charge in [-0.05, 0) is 55.5 Å². The molecule has 0 aliphatic rings. The molecule has 0 aliphatic heterocycles. The monoisotopic (exact) mass is 410 g/mol. The van der Waals surface area contributed by atoms with Gasteiger partial charge in [0.1, 0.15) is 5.82 Å². The van der Waals surface area contributed by atoms with Gasteiger partial charge in [-0.2, -0.15) is 0 Å². The molecule has 6 nitrogen and oxygen atoms in total. The molecule has 29 heavy (non-hydrogen) atoms. The molecule has 1 N–H and O–H groups in total. The number of amides is 1. The second kappa shape index (κ2) is 9.29. The molecule has 0 radical (unpaired) electrons. The number of hydrogen-bond donors (Lipinski definition) is 1. The summed E-state index contributed by atoms with van der Waals surface area (Å²) in [7, 11) is 0. The molecule has 3 aromatic rings. The Bertz CT molecular complexity index is 1030. The van der Waals surface area contributed by atoms with Gasteiger partial charge in [0.15, 0.2) is 16.8 Å². The van der Waals surface area contributed by atoms with E-state index in [0.717, 1.165) is 5.56 Å². The number of nitrogens with zero attached hydrogens (tertiary/aromatic N) is 3. The van der Waals surface area contributed by atoms with Crippen molar-refractivity contribution >= 4 is 29.1 Å². The zero-order valence-electron chi connectivity index (χ0n) is 15.8. The Morgan fingerprint density at radius 1 is 1.14 bits per heavy atom. The van der Waals surface area contributed by atoms with Crippen molar-refractivity contribution in [3.63, 3.8) is 0 Å². The zero-order valence-corrected chi connectivity index (χ0v) is 16.6. The number of rotatable bonds is 8. The number of carbonyl (C=O) groups excluding carboxylic acids is 2. The van der Waals surface area contributed by atoms with Crippen molar-refractivity contribution < 1.29 is 14.0 Å². The first-order valence-corrected chi connectivity index (χ1v) is 9.80. The number of ketones is 1. The summed E-state index contributed by atoms with van der Waals surface area (Å²) < 4.78 is 15.0. The van der Waals surface area contributed by atoms with E-state index in [1.165, 1.54) is 30.8 Å². The number of anilines is 1. The molecule has 3 rings (SSSR count). The lowest BCUT2D eigenvalue weighted by atomic mass is 10.1. The Morgan fingerprint density at radius 2 is 1.83 bits per heavy atom. The minimum atomic E-state index is -0.328. The van der Waals surface area contributed by atoms with Gasteiger partial charge in [0.05, 0.1) is 5.75 Å². The lowest BCUT2D eigenvalue weighted by molar-refractivity contribution is -0.113. The second-order valence-electron chi connectivity index (χ2n) is 6.18. The summed E-state index contributed by atoms with van der Waals surface area (Å²) >= 11 is 1.24. The first-order chi connectivity index (χ1) is 14.0. The molecule has 8 heteroatoms. The van der Waals surface area contributed by atoms with Gasteiger partial charge in [0, 0.05) is 23.4 Å². The van der Waals surface area contributed by atoms with Crippen LogP contribution in [0.1, 0.15) is 17.3 Å². The van der Waals surface area contributed by atoms with Crippen LogP contribution in [0, 0.1) is 5.82 Å². The van der Waals surface area contributed by atoms with Crippen LogP contribution in [-0.4, -0.2) is 32.2 Å². The summed E-state index contributed by atoms with van der Waals surface area (Å²) in [5.74, 6) is 0.144. The number of thioether (sulfide) groups is 1. The van der Waals surface area contributed by atoms with Crippen molar-refractivity contribution in [1.29, 1.82) is 0 Å². The van der Waals surface area contributed by atoms with Crippen LogP contribution >= 0.6 is 11.8 Å². The van der Waals surface area contributed by atoms with E-state index in [9.17, 15) is 14.0 Å². The highest BCUT2D eigenvalue weighted by Crippen LogP contribution is 2.24. The molecular weight excluding hydrogens is 391 g/mol. The smallest absolute Gasteiger partial charge is 0.234 e. The second-order valence-corrected chi connectivity index (χ2v) is 7.13. The Hall–Kier alpha value is -3.26. The Labute approximate surface area is 171 Å². The molecular formula is C21H19FN4O2S. The summed E-state index contributed by atoms with van der Waals surface area (Å²) in [6.45, 7) is 5.69. The molecule has 2 aromatic carbocycles. The van der Waals surface area contributed by atoms with Crippen molar-refractivity contribution in [3.05, 3.63) is 72.6 Å². The van der Waals surface area contributed by atoms with E-state index in [0.29, 0.717) is 28.8 Å². The van der Waals surface area contributed by atoms with Gasteiger partial charge < -0.3 is 5.32 Å². The normalized spacial score (nSPS) is 10.6. The van der Waals surface area contributed by atoms with Crippen LogP contribution in [0.5, 0.6) is 0 Å². The largest absolute Gasteiger partial charge is 0.325 e. The summed E-state index contributed by atoms with van der Waals surface area (Å²) in [4.78, 5) is 23.6. The molecule has 148 valence electrons. The van der Waals surface area contributed by atoms with E-state index in [2.05, 4.69) is 22.1 Å². The third-order valence-corrected chi connectivity index (χ3v) is 5.01. The Morgan fingerprint density at radius 3 is 2.45 bits per heavy atom. The first-order valence-electron chi connectivity index (χ1n) is 8.81. The number of nitrogens with one attached hydrogen (secondary N) is 1. The van der Waals surface area contributed by atoms with Crippen LogP contribution in [-0.2, 0) is 11.3 Å². The number of Topliss-reactive ketones (excluding diaryl/α,β-unsaturated/α-hetero) is 1. The minimum Gasteiger partial charge on any atom is -0.325 e. The summed E-state index contributed by atoms with van der Waals surface area (Å²) in [5, 5.41) is 11.7. The lowest BCUT2D eigenvalue weighted by Crippen LogP contribution is -2.14. The molecule has 0 aliphatic carbocycles. The number of hydrogen-bond acceptors (Lipinski definition) is 5. The van der Waals surface area contributed by atoms with Crippen LogP contribution in [0.15, 0.2) is 66.3 Å². The van der Waals surface area contributed by atoms with Crippen molar-refractivity contribution in [2.45, 2.75) is 18.6 Å². The molecule has 0 saturated heterocycles. The predicted molar refractivity (Wildman–Crippen MR) is 111 cm³/mol. The third-order valence-electron chi connectivity index (χ3n) is 4.04. The van der Waals surface area contributed by atoms with Gasteiger partial charge in [-0.25, -0.2) is 4.39 Å². The van der Waals surface area contributed by atoms with Gasteiger partial charge in [-0.15, -0.1) is 16.8 Å². The van der Waals surface area contributed by atoms with E-state index in [1.807, 2.05) is 4.57 Å². The van der Waals surface area contributed by atoms with Crippen LogP contribution in [0.2, 0.25) is 0 Å². The van der Waals surface area contributed by atoms with Crippen molar-refractivity contribution in [3.8, 4) is 11.4 Å². The van der Waals surface area contributed by atoms with Gasteiger partial charge in [0.2, 0.25) is 5.91 Å². The van der Waals surface area contributed by atoms with E-state index >= 15 is 0 Å². The number of allylic oxidation sites excluding steroid dienone is 1. The molecule has 1 amide bonds. The fourth-order valence-electron chi connectivity index (χ4n) is 2.62. The fourth-order valence-corrected chi connectivity index (χ4v) is 3.36. The van der Waals surface area contributed by atoms with Crippen LogP contribution in [0.25, 0.3) is 11.4 Å². The SMILES string of the molecule is C=CCn1c(SCC(=O)Nc2ccc(C(C)=O)cc2)nnc1-c1ccc(F)cc1. The molecule has 0 bridgehead atoms. The number of halogens is 1. The van der Waals surface area contributed by atoms with Crippen LogP contribution < -0.4 is 5.32 Å². The third kappa shape index (κ3) is 5.17. The van der Waals surface area contributed by atoms with Gasteiger partial charge in [-0.1, -0.05) is 17.8 Å². The fraction of sp³-hybridized carbons (Fsp3) is 0.143. The minimum absolute atomic E-state index is 0.0306. The Kier molecular flexibility index (Phi) is 6.56. The molecule has 0 fully saturated rings. The predicted octanol–water partition coefficient (Wildman–Crippen LogP) is 4.20. The van der Waals surface area contributed by atoms with E-state index in [-0.39, 0.29) is 23.3 Å². The summed E-state index contributed by atoms with van der Waals surface area (Å²) in [5.41, 5.74) is 1.92. The summed E-state index contributed by atoms with van der Waals surface area (Å²) in [6.07, 6.45) is 1.71. The number of benzene rings is 2. The van der Waals surface area contributed by atoms with Gasteiger partial charge >= 0.3 is 0 Å². The number of carbonyl (C=O) groups is 2. The quantitative estimate of drug-likeness (QED) is 0.342.